The maximum Gasteiger partial charge on any atom is 0.00665 e. The van der Waals surface area contributed by atoms with E-state index < -0.39 is 0 Å². The Morgan fingerprint density at radius 1 is 1.08 bits per heavy atom. The van der Waals surface area contributed by atoms with Crippen LogP contribution >= 0.6 is 0 Å². The van der Waals surface area contributed by atoms with Gasteiger partial charge in [0.1, 0.15) is 0 Å². The van der Waals surface area contributed by atoms with Crippen molar-refractivity contribution < 1.29 is 0 Å². The van der Waals surface area contributed by atoms with Gasteiger partial charge in [-0.3, -0.25) is 0 Å². The smallest absolute Gasteiger partial charge is 0.00665 e. The van der Waals surface area contributed by atoms with Crippen molar-refractivity contribution in [3.63, 3.8) is 0 Å². The summed E-state index contributed by atoms with van der Waals surface area (Å²) < 4.78 is 0. The van der Waals surface area contributed by atoms with Gasteiger partial charge >= 0.3 is 0 Å². The summed E-state index contributed by atoms with van der Waals surface area (Å²) in [4.78, 5) is 0. The minimum absolute atomic E-state index is 0.735. The monoisotopic (exact) mass is 185 g/mol. The van der Waals surface area contributed by atoms with Gasteiger partial charge in [0, 0.05) is 6.04 Å². The molecule has 0 radical (unpaired) electrons. The van der Waals surface area contributed by atoms with Gasteiger partial charge in [-0.15, -0.1) is 0 Å². The van der Waals surface area contributed by atoms with Gasteiger partial charge in [0.05, 0.1) is 0 Å². The molecule has 2 atom stereocenters. The standard InChI is InChI=1S/C12H27N/c1-6-7-12(13-5)9-11(4)8-10(2)3/h10-13H,6-9H2,1-5H3. The van der Waals surface area contributed by atoms with E-state index in [1.807, 2.05) is 0 Å². The molecular weight excluding hydrogens is 158 g/mol. The van der Waals surface area contributed by atoms with Gasteiger partial charge in [-0.05, 0) is 38.1 Å². The molecule has 0 aliphatic rings. The molecule has 0 aromatic heterocycles. The van der Waals surface area contributed by atoms with Gasteiger partial charge in [-0.25, -0.2) is 0 Å². The zero-order valence-corrected chi connectivity index (χ0v) is 10.1. The SMILES string of the molecule is CCCC(CC(C)CC(C)C)NC. The second-order valence-electron chi connectivity index (χ2n) is 4.74. The van der Waals surface area contributed by atoms with Crippen LogP contribution in [0.4, 0.5) is 0 Å². The minimum atomic E-state index is 0.735. The van der Waals surface area contributed by atoms with E-state index in [9.17, 15) is 0 Å². The Labute approximate surface area is 84.3 Å². The van der Waals surface area contributed by atoms with Crippen LogP contribution in [-0.4, -0.2) is 13.1 Å². The molecule has 0 amide bonds. The largest absolute Gasteiger partial charge is 0.317 e. The summed E-state index contributed by atoms with van der Waals surface area (Å²) in [6, 6.07) is 0.735. The predicted molar refractivity (Wildman–Crippen MR) is 61.0 cm³/mol. The molecule has 1 N–H and O–H groups in total. The van der Waals surface area contributed by atoms with Gasteiger partial charge in [0.25, 0.3) is 0 Å². The highest BCUT2D eigenvalue weighted by molar-refractivity contribution is 4.68. The molecule has 0 saturated carbocycles. The van der Waals surface area contributed by atoms with E-state index in [4.69, 9.17) is 0 Å². The molecule has 0 aliphatic carbocycles. The molecule has 0 fully saturated rings. The van der Waals surface area contributed by atoms with Crippen LogP contribution in [0.3, 0.4) is 0 Å². The lowest BCUT2D eigenvalue weighted by atomic mass is 9.91. The Morgan fingerprint density at radius 2 is 1.69 bits per heavy atom. The molecular formula is C12H27N. The topological polar surface area (TPSA) is 12.0 Å². The maximum absolute atomic E-state index is 3.41. The van der Waals surface area contributed by atoms with E-state index in [0.717, 1.165) is 17.9 Å². The molecule has 0 bridgehead atoms. The Hall–Kier alpha value is -0.0400. The quantitative estimate of drug-likeness (QED) is 0.640. The highest BCUT2D eigenvalue weighted by Gasteiger charge is 2.11. The molecule has 1 heteroatoms. The van der Waals surface area contributed by atoms with E-state index in [1.54, 1.807) is 0 Å². The molecule has 0 heterocycles. The van der Waals surface area contributed by atoms with Crippen LogP contribution in [0.15, 0.2) is 0 Å². The second kappa shape index (κ2) is 7.37. The Bertz CT molecular complexity index is 110. The Morgan fingerprint density at radius 3 is 2.08 bits per heavy atom. The number of rotatable bonds is 7. The van der Waals surface area contributed by atoms with Crippen molar-refractivity contribution >= 4 is 0 Å². The summed E-state index contributed by atoms with van der Waals surface area (Å²) in [5, 5.41) is 3.41. The lowest BCUT2D eigenvalue weighted by Crippen LogP contribution is -2.27. The third-order valence-electron chi connectivity index (χ3n) is 2.61. The summed E-state index contributed by atoms with van der Waals surface area (Å²) >= 11 is 0. The molecule has 0 spiro atoms. The minimum Gasteiger partial charge on any atom is -0.317 e. The normalized spacial score (nSPS) is 16.2. The predicted octanol–water partition coefficient (Wildman–Crippen LogP) is 3.45. The van der Waals surface area contributed by atoms with Crippen molar-refractivity contribution in [1.29, 1.82) is 0 Å². The molecule has 0 saturated heterocycles. The van der Waals surface area contributed by atoms with E-state index in [0.29, 0.717) is 0 Å². The average molecular weight is 185 g/mol. The van der Waals surface area contributed by atoms with Gasteiger partial charge in [-0.1, -0.05) is 34.1 Å². The molecule has 1 nitrogen and oxygen atoms in total. The van der Waals surface area contributed by atoms with E-state index in [1.165, 1.54) is 25.7 Å². The van der Waals surface area contributed by atoms with Gasteiger partial charge in [0.2, 0.25) is 0 Å². The maximum atomic E-state index is 3.41. The highest BCUT2D eigenvalue weighted by atomic mass is 14.9. The fraction of sp³-hybridized carbons (Fsp3) is 1.00. The fourth-order valence-corrected chi connectivity index (χ4v) is 2.12. The first kappa shape index (κ1) is 13.0. The summed E-state index contributed by atoms with van der Waals surface area (Å²) in [6.45, 7) is 9.26. The van der Waals surface area contributed by atoms with Crippen molar-refractivity contribution in [3.05, 3.63) is 0 Å². The van der Waals surface area contributed by atoms with Crippen LogP contribution in [0, 0.1) is 11.8 Å². The highest BCUT2D eigenvalue weighted by Crippen LogP contribution is 2.17. The molecule has 80 valence electrons. The molecule has 0 aromatic rings. The summed E-state index contributed by atoms with van der Waals surface area (Å²) in [6.07, 6.45) is 5.31. The van der Waals surface area contributed by atoms with Gasteiger partial charge in [-0.2, -0.15) is 0 Å². The molecule has 0 rings (SSSR count). The molecule has 0 aromatic carbocycles. The summed E-state index contributed by atoms with van der Waals surface area (Å²) in [7, 11) is 2.09. The molecule has 13 heavy (non-hydrogen) atoms. The summed E-state index contributed by atoms with van der Waals surface area (Å²) in [5.74, 6) is 1.71. The Kier molecular flexibility index (Phi) is 7.35. The number of hydrogen-bond donors (Lipinski definition) is 1. The van der Waals surface area contributed by atoms with Crippen molar-refractivity contribution in [1.82, 2.24) is 5.32 Å². The molecule has 2 unspecified atom stereocenters. The van der Waals surface area contributed by atoms with E-state index in [-0.39, 0.29) is 0 Å². The van der Waals surface area contributed by atoms with Crippen molar-refractivity contribution in [2.75, 3.05) is 7.05 Å². The van der Waals surface area contributed by atoms with Crippen molar-refractivity contribution in [2.45, 2.75) is 59.4 Å². The van der Waals surface area contributed by atoms with Crippen LogP contribution < -0.4 is 5.32 Å². The number of nitrogens with one attached hydrogen (secondary N) is 1. The summed E-state index contributed by atoms with van der Waals surface area (Å²) in [5.41, 5.74) is 0. The molecule has 0 aliphatic heterocycles. The fourth-order valence-electron chi connectivity index (χ4n) is 2.12. The first-order valence-electron chi connectivity index (χ1n) is 5.77. The number of hydrogen-bond acceptors (Lipinski definition) is 1. The second-order valence-corrected chi connectivity index (χ2v) is 4.74. The van der Waals surface area contributed by atoms with Crippen LogP contribution in [-0.2, 0) is 0 Å². The van der Waals surface area contributed by atoms with Crippen molar-refractivity contribution in [3.8, 4) is 0 Å². The van der Waals surface area contributed by atoms with Crippen LogP contribution in [0.1, 0.15) is 53.4 Å². The average Bonchev–Trinajstić information content (AvgIpc) is 2.02. The third kappa shape index (κ3) is 7.06. The first-order valence-corrected chi connectivity index (χ1v) is 5.77. The van der Waals surface area contributed by atoms with E-state index >= 15 is 0 Å². The third-order valence-corrected chi connectivity index (χ3v) is 2.61. The lowest BCUT2D eigenvalue weighted by molar-refractivity contribution is 0.350. The van der Waals surface area contributed by atoms with Gasteiger partial charge < -0.3 is 5.32 Å². The van der Waals surface area contributed by atoms with Crippen LogP contribution in [0.25, 0.3) is 0 Å². The Balaban J connectivity index is 3.65. The van der Waals surface area contributed by atoms with Crippen LogP contribution in [0.2, 0.25) is 0 Å². The van der Waals surface area contributed by atoms with Gasteiger partial charge in [0.15, 0.2) is 0 Å². The van der Waals surface area contributed by atoms with Crippen molar-refractivity contribution in [2.24, 2.45) is 11.8 Å². The lowest BCUT2D eigenvalue weighted by Gasteiger charge is -2.21. The first-order chi connectivity index (χ1) is 6.10. The zero-order chi connectivity index (χ0) is 10.3. The zero-order valence-electron chi connectivity index (χ0n) is 10.1. The van der Waals surface area contributed by atoms with Crippen LogP contribution in [0.5, 0.6) is 0 Å². The van der Waals surface area contributed by atoms with E-state index in [2.05, 4.69) is 40.1 Å².